The van der Waals surface area contributed by atoms with Crippen molar-refractivity contribution in [1.82, 2.24) is 0 Å². The standard InChI is InChI=1S/C20H23NO2/c1-14(2)11-12-23-20(22)17-13-15-7-3-5-9-18(15)21-19-10-6-4-8-16(17)19/h3-10,14,17,21H,11-13H2,1-2H3. The molecule has 2 aromatic rings. The monoisotopic (exact) mass is 309 g/mol. The first kappa shape index (κ1) is 15.6. The van der Waals surface area contributed by atoms with E-state index in [-0.39, 0.29) is 11.9 Å². The first-order chi connectivity index (χ1) is 11.1. The SMILES string of the molecule is CC(C)CCOC(=O)C1Cc2ccccc2Nc2ccccc21. The van der Waals surface area contributed by atoms with E-state index >= 15 is 0 Å². The van der Waals surface area contributed by atoms with Crippen LogP contribution in [-0.2, 0) is 16.0 Å². The summed E-state index contributed by atoms with van der Waals surface area (Å²) in [5.41, 5.74) is 4.22. The number of ether oxygens (including phenoxy) is 1. The molecule has 0 saturated heterocycles. The highest BCUT2D eigenvalue weighted by atomic mass is 16.5. The molecule has 0 amide bonds. The van der Waals surface area contributed by atoms with Crippen molar-refractivity contribution in [2.24, 2.45) is 5.92 Å². The molecule has 0 radical (unpaired) electrons. The molecule has 1 heterocycles. The number of hydrogen-bond donors (Lipinski definition) is 1. The molecule has 0 aliphatic carbocycles. The zero-order valence-corrected chi connectivity index (χ0v) is 13.7. The second-order valence-electron chi connectivity index (χ2n) is 6.48. The maximum atomic E-state index is 12.7. The van der Waals surface area contributed by atoms with E-state index < -0.39 is 0 Å². The molecule has 120 valence electrons. The Bertz CT molecular complexity index is 694. The summed E-state index contributed by atoms with van der Waals surface area (Å²) >= 11 is 0. The van der Waals surface area contributed by atoms with Gasteiger partial charge in [0.2, 0.25) is 0 Å². The highest BCUT2D eigenvalue weighted by Gasteiger charge is 2.28. The van der Waals surface area contributed by atoms with Crippen LogP contribution in [0, 0.1) is 5.92 Å². The van der Waals surface area contributed by atoms with Gasteiger partial charge in [-0.05, 0) is 42.0 Å². The molecule has 1 atom stereocenters. The molecular formula is C20H23NO2. The van der Waals surface area contributed by atoms with Crippen LogP contribution in [0.3, 0.4) is 0 Å². The minimum Gasteiger partial charge on any atom is -0.465 e. The van der Waals surface area contributed by atoms with E-state index in [1.54, 1.807) is 0 Å². The molecule has 0 fully saturated rings. The van der Waals surface area contributed by atoms with Gasteiger partial charge in [0.05, 0.1) is 12.5 Å². The van der Waals surface area contributed by atoms with Crippen molar-refractivity contribution >= 4 is 17.3 Å². The number of rotatable bonds is 4. The Morgan fingerprint density at radius 3 is 2.61 bits per heavy atom. The van der Waals surface area contributed by atoms with Crippen molar-refractivity contribution in [1.29, 1.82) is 0 Å². The zero-order valence-electron chi connectivity index (χ0n) is 13.7. The van der Waals surface area contributed by atoms with Crippen molar-refractivity contribution in [3.63, 3.8) is 0 Å². The van der Waals surface area contributed by atoms with Crippen LogP contribution >= 0.6 is 0 Å². The average Bonchev–Trinajstić information content (AvgIpc) is 2.71. The summed E-state index contributed by atoms with van der Waals surface area (Å²) < 4.78 is 5.55. The van der Waals surface area contributed by atoms with Gasteiger partial charge >= 0.3 is 5.97 Å². The number of hydrogen-bond acceptors (Lipinski definition) is 3. The Balaban J connectivity index is 1.88. The van der Waals surface area contributed by atoms with E-state index in [0.29, 0.717) is 18.9 Å². The molecule has 1 aliphatic rings. The lowest BCUT2D eigenvalue weighted by molar-refractivity contribution is -0.145. The fourth-order valence-electron chi connectivity index (χ4n) is 2.92. The molecule has 3 nitrogen and oxygen atoms in total. The molecule has 0 bridgehead atoms. The van der Waals surface area contributed by atoms with Gasteiger partial charge in [0.15, 0.2) is 0 Å². The summed E-state index contributed by atoms with van der Waals surface area (Å²) in [5, 5.41) is 3.45. The lowest BCUT2D eigenvalue weighted by Gasteiger charge is -2.17. The van der Waals surface area contributed by atoms with Crippen LogP contribution in [0.15, 0.2) is 48.5 Å². The fraction of sp³-hybridized carbons (Fsp3) is 0.350. The molecule has 23 heavy (non-hydrogen) atoms. The second-order valence-corrected chi connectivity index (χ2v) is 6.48. The number of para-hydroxylation sites is 2. The summed E-state index contributed by atoms with van der Waals surface area (Å²) in [5.74, 6) is 0.151. The van der Waals surface area contributed by atoms with Crippen LogP contribution in [0.5, 0.6) is 0 Å². The zero-order chi connectivity index (χ0) is 16.2. The molecule has 0 aromatic heterocycles. The van der Waals surface area contributed by atoms with Gasteiger partial charge in [0.1, 0.15) is 0 Å². The summed E-state index contributed by atoms with van der Waals surface area (Å²) in [6.45, 7) is 4.76. The van der Waals surface area contributed by atoms with Crippen molar-refractivity contribution in [3.8, 4) is 0 Å². The predicted octanol–water partition coefficient (Wildman–Crippen LogP) is 4.66. The maximum Gasteiger partial charge on any atom is 0.313 e. The maximum absolute atomic E-state index is 12.7. The Morgan fingerprint density at radius 1 is 1.13 bits per heavy atom. The summed E-state index contributed by atoms with van der Waals surface area (Å²) in [6.07, 6.45) is 1.57. The van der Waals surface area contributed by atoms with Gasteiger partial charge in [0, 0.05) is 11.4 Å². The Labute approximate surface area is 137 Å². The van der Waals surface area contributed by atoms with Crippen molar-refractivity contribution in [2.45, 2.75) is 32.6 Å². The van der Waals surface area contributed by atoms with E-state index in [4.69, 9.17) is 4.74 Å². The molecule has 3 heteroatoms. The van der Waals surface area contributed by atoms with Crippen LogP contribution in [0.25, 0.3) is 0 Å². The smallest absolute Gasteiger partial charge is 0.313 e. The van der Waals surface area contributed by atoms with Crippen molar-refractivity contribution < 1.29 is 9.53 Å². The van der Waals surface area contributed by atoms with Crippen LogP contribution in [0.2, 0.25) is 0 Å². The number of carbonyl (C=O) groups is 1. The summed E-state index contributed by atoms with van der Waals surface area (Å²) in [6, 6.07) is 16.1. The van der Waals surface area contributed by atoms with Gasteiger partial charge in [-0.25, -0.2) is 0 Å². The molecule has 1 N–H and O–H groups in total. The molecule has 0 spiro atoms. The van der Waals surface area contributed by atoms with E-state index in [1.165, 1.54) is 0 Å². The van der Waals surface area contributed by atoms with Crippen molar-refractivity contribution in [2.75, 3.05) is 11.9 Å². The van der Waals surface area contributed by atoms with Crippen LogP contribution in [-0.4, -0.2) is 12.6 Å². The van der Waals surface area contributed by atoms with Gasteiger partial charge in [-0.1, -0.05) is 50.2 Å². The first-order valence-electron chi connectivity index (χ1n) is 8.25. The van der Waals surface area contributed by atoms with Gasteiger partial charge < -0.3 is 10.1 Å². The third kappa shape index (κ3) is 3.55. The number of anilines is 2. The van der Waals surface area contributed by atoms with Gasteiger partial charge in [0.25, 0.3) is 0 Å². The molecule has 2 aromatic carbocycles. The normalized spacial score (nSPS) is 16.0. The van der Waals surface area contributed by atoms with E-state index in [2.05, 4.69) is 31.3 Å². The highest BCUT2D eigenvalue weighted by molar-refractivity contribution is 5.84. The molecule has 1 unspecified atom stereocenters. The number of carbonyl (C=O) groups excluding carboxylic acids is 1. The van der Waals surface area contributed by atoms with Gasteiger partial charge in [-0.2, -0.15) is 0 Å². The molecule has 3 rings (SSSR count). The molecule has 1 aliphatic heterocycles. The van der Waals surface area contributed by atoms with Gasteiger partial charge in [-0.3, -0.25) is 4.79 Å². The van der Waals surface area contributed by atoms with E-state index in [0.717, 1.165) is 28.9 Å². The van der Waals surface area contributed by atoms with Gasteiger partial charge in [-0.15, -0.1) is 0 Å². The van der Waals surface area contributed by atoms with E-state index in [9.17, 15) is 4.79 Å². The Morgan fingerprint density at radius 2 is 1.83 bits per heavy atom. The number of esters is 1. The average molecular weight is 309 g/mol. The molecule has 0 saturated carbocycles. The summed E-state index contributed by atoms with van der Waals surface area (Å²) in [4.78, 5) is 12.7. The lowest BCUT2D eigenvalue weighted by atomic mass is 9.92. The Hall–Kier alpha value is -2.29. The number of fused-ring (bicyclic) bond motifs is 2. The van der Waals surface area contributed by atoms with Crippen molar-refractivity contribution in [3.05, 3.63) is 59.7 Å². The van der Waals surface area contributed by atoms with E-state index in [1.807, 2.05) is 36.4 Å². The third-order valence-electron chi connectivity index (χ3n) is 4.27. The fourth-order valence-corrected chi connectivity index (χ4v) is 2.92. The quantitative estimate of drug-likeness (QED) is 0.835. The first-order valence-corrected chi connectivity index (χ1v) is 8.25. The largest absolute Gasteiger partial charge is 0.465 e. The highest BCUT2D eigenvalue weighted by Crippen LogP contribution is 2.36. The number of nitrogens with one attached hydrogen (secondary N) is 1. The summed E-state index contributed by atoms with van der Waals surface area (Å²) in [7, 11) is 0. The Kier molecular flexibility index (Phi) is 4.65. The second kappa shape index (κ2) is 6.86. The lowest BCUT2D eigenvalue weighted by Crippen LogP contribution is -2.19. The van der Waals surface area contributed by atoms with Crippen LogP contribution < -0.4 is 5.32 Å². The van der Waals surface area contributed by atoms with Crippen LogP contribution in [0.4, 0.5) is 11.4 Å². The predicted molar refractivity (Wildman–Crippen MR) is 93.0 cm³/mol. The van der Waals surface area contributed by atoms with Crippen LogP contribution in [0.1, 0.15) is 37.3 Å². The number of benzene rings is 2. The minimum atomic E-state index is -0.255. The topological polar surface area (TPSA) is 38.3 Å². The molecular weight excluding hydrogens is 286 g/mol. The minimum absolute atomic E-state index is 0.128. The third-order valence-corrected chi connectivity index (χ3v) is 4.27.